The molecule has 0 spiro atoms. The second kappa shape index (κ2) is 12.8. The van der Waals surface area contributed by atoms with Crippen LogP contribution in [0, 0.1) is 16.3 Å². The van der Waals surface area contributed by atoms with Gasteiger partial charge in [0.25, 0.3) is 11.1 Å². The molecule has 0 atom stereocenters. The van der Waals surface area contributed by atoms with Crippen LogP contribution < -0.4 is 26.9 Å². The third-order valence-electron chi connectivity index (χ3n) is 8.52. The van der Waals surface area contributed by atoms with Crippen LogP contribution in [-0.2, 0) is 23.4 Å². The smallest absolute Gasteiger partial charge is 0.407 e. The first-order valence-corrected chi connectivity index (χ1v) is 17.4. The maximum absolute atomic E-state index is 15.6. The van der Waals surface area contributed by atoms with Crippen molar-refractivity contribution in [2.75, 3.05) is 25.5 Å². The molecule has 0 saturated carbocycles. The highest BCUT2D eigenvalue weighted by molar-refractivity contribution is 14.1. The van der Waals surface area contributed by atoms with Gasteiger partial charge in [-0.25, -0.2) is 27.0 Å². The summed E-state index contributed by atoms with van der Waals surface area (Å²) in [6.07, 6.45) is -1.21. The van der Waals surface area contributed by atoms with Gasteiger partial charge in [0.2, 0.25) is 0 Å². The predicted octanol–water partition coefficient (Wildman–Crippen LogP) is 3.84. The fraction of sp³-hybridized carbons (Fsp3) is 0.212. The Labute approximate surface area is 291 Å². The quantitative estimate of drug-likeness (QED) is 0.222. The number of ether oxygens (including phenoxy) is 1. The molecule has 0 radical (unpaired) electrons. The van der Waals surface area contributed by atoms with E-state index in [1.165, 1.54) is 57.5 Å². The van der Waals surface area contributed by atoms with Crippen LogP contribution in [0.4, 0.5) is 20.6 Å². The lowest BCUT2D eigenvalue weighted by Crippen LogP contribution is -2.56. The third-order valence-corrected chi connectivity index (χ3v) is 11.3. The fourth-order valence-electron chi connectivity index (χ4n) is 5.79. The number of amides is 1. The summed E-state index contributed by atoms with van der Waals surface area (Å²) in [5, 5.41) is 11.1. The first kappa shape index (κ1) is 33.9. The molecule has 1 fully saturated rings. The number of benzene rings is 3. The molecule has 254 valence electrons. The van der Waals surface area contributed by atoms with E-state index in [0.29, 0.717) is 14.9 Å². The summed E-state index contributed by atoms with van der Waals surface area (Å²) >= 11 is 1.93. The van der Waals surface area contributed by atoms with Gasteiger partial charge in [0.15, 0.2) is 9.84 Å². The van der Waals surface area contributed by atoms with Gasteiger partial charge in [0.05, 0.1) is 29.9 Å². The molecule has 1 aliphatic heterocycles. The summed E-state index contributed by atoms with van der Waals surface area (Å²) in [6.45, 7) is 0.934. The van der Waals surface area contributed by atoms with E-state index in [1.807, 2.05) is 22.6 Å². The first-order chi connectivity index (χ1) is 23.2. The Kier molecular flexibility index (Phi) is 8.87. The molecular formula is C33H29FIN5O8S. The summed E-state index contributed by atoms with van der Waals surface area (Å²) in [6, 6.07) is 16.6. The standard InChI is InChI=1S/C33H29FIN5O8S/c1-18-28(36-21-5-4-6-23(14-21)49(46,47)24-16-38(17-24)33(44)45)27-29(37(2)30(18)41)40(26-12-9-20(35)13-25(26)34)32(43)39(31(27)42)15-19-7-10-22(48-3)11-8-19/h4-14,24,36H,15-17H2,1-3H3,(H,44,45). The van der Waals surface area contributed by atoms with Crippen LogP contribution in [0.3, 0.4) is 0 Å². The van der Waals surface area contributed by atoms with Gasteiger partial charge in [0.1, 0.15) is 27.9 Å². The molecular weight excluding hydrogens is 772 g/mol. The monoisotopic (exact) mass is 801 g/mol. The highest BCUT2D eigenvalue weighted by atomic mass is 127. The van der Waals surface area contributed by atoms with Crippen LogP contribution in [-0.4, -0.2) is 63.7 Å². The number of likely N-dealkylation sites (tertiary alicyclic amines) is 1. The van der Waals surface area contributed by atoms with Crippen LogP contribution in [0.1, 0.15) is 11.1 Å². The van der Waals surface area contributed by atoms with Gasteiger partial charge in [-0.3, -0.25) is 18.7 Å². The molecule has 0 aliphatic carbocycles. The maximum Gasteiger partial charge on any atom is 0.407 e. The summed E-state index contributed by atoms with van der Waals surface area (Å²) < 4.78 is 51.1. The lowest BCUT2D eigenvalue weighted by Gasteiger charge is -2.36. The fourth-order valence-corrected chi connectivity index (χ4v) is 7.94. The van der Waals surface area contributed by atoms with E-state index in [2.05, 4.69) is 5.32 Å². The van der Waals surface area contributed by atoms with Gasteiger partial charge in [-0.15, -0.1) is 0 Å². The molecule has 3 heterocycles. The van der Waals surface area contributed by atoms with Crippen LogP contribution in [0.25, 0.3) is 16.7 Å². The number of rotatable bonds is 8. The van der Waals surface area contributed by atoms with E-state index in [4.69, 9.17) is 9.84 Å². The van der Waals surface area contributed by atoms with Crippen molar-refractivity contribution in [2.45, 2.75) is 23.6 Å². The van der Waals surface area contributed by atoms with Crippen molar-refractivity contribution in [1.29, 1.82) is 0 Å². The van der Waals surface area contributed by atoms with Crippen molar-refractivity contribution in [3.8, 4) is 11.4 Å². The van der Waals surface area contributed by atoms with E-state index < -0.39 is 43.8 Å². The average molecular weight is 802 g/mol. The molecule has 5 aromatic rings. The molecule has 1 amide bonds. The molecule has 3 aromatic carbocycles. The number of hydrogen-bond donors (Lipinski definition) is 2. The number of halogens is 2. The SMILES string of the molecule is COc1ccc(Cn2c(=O)c3c(Nc4cccc(S(=O)(=O)C5CN(C(=O)O)C5)c4)c(C)c(=O)n(C)c3n(-c3ccc(I)cc3F)c2=O)cc1. The Morgan fingerprint density at radius 1 is 1.04 bits per heavy atom. The Morgan fingerprint density at radius 2 is 1.73 bits per heavy atom. The molecule has 1 aliphatic rings. The van der Waals surface area contributed by atoms with Crippen LogP contribution >= 0.6 is 22.6 Å². The van der Waals surface area contributed by atoms with Crippen LogP contribution in [0.15, 0.2) is 86.0 Å². The predicted molar refractivity (Wildman–Crippen MR) is 189 cm³/mol. The number of aryl methyl sites for hydroxylation is 1. The zero-order valence-electron chi connectivity index (χ0n) is 26.3. The van der Waals surface area contributed by atoms with Gasteiger partial charge in [-0.05, 0) is 83.6 Å². The molecule has 0 unspecified atom stereocenters. The molecule has 6 rings (SSSR count). The number of aromatic nitrogens is 3. The number of carbonyl (C=O) groups is 1. The summed E-state index contributed by atoms with van der Waals surface area (Å²) in [4.78, 5) is 54.4. The number of sulfone groups is 1. The zero-order chi connectivity index (χ0) is 35.4. The average Bonchev–Trinajstić information content (AvgIpc) is 3.04. The van der Waals surface area contributed by atoms with Crippen LogP contribution in [0.2, 0.25) is 0 Å². The van der Waals surface area contributed by atoms with Crippen molar-refractivity contribution in [1.82, 2.24) is 18.6 Å². The Balaban J connectivity index is 1.58. The summed E-state index contributed by atoms with van der Waals surface area (Å²) in [7, 11) is -1.06. The second-order valence-electron chi connectivity index (χ2n) is 11.5. The van der Waals surface area contributed by atoms with Crippen molar-refractivity contribution >= 4 is 60.9 Å². The number of fused-ring (bicyclic) bond motifs is 1. The number of carboxylic acid groups (broad SMARTS) is 1. The van der Waals surface area contributed by atoms with Gasteiger partial charge < -0.3 is 20.1 Å². The Hall–Kier alpha value is -4.97. The van der Waals surface area contributed by atoms with Crippen molar-refractivity contribution < 1.29 is 27.4 Å². The summed E-state index contributed by atoms with van der Waals surface area (Å²) in [5.41, 5.74) is -1.75. The molecule has 49 heavy (non-hydrogen) atoms. The number of hydrogen-bond acceptors (Lipinski definition) is 8. The first-order valence-electron chi connectivity index (χ1n) is 14.8. The van der Waals surface area contributed by atoms with Gasteiger partial charge in [-0.2, -0.15) is 0 Å². The lowest BCUT2D eigenvalue weighted by molar-refractivity contribution is 0.120. The van der Waals surface area contributed by atoms with Crippen molar-refractivity contribution in [3.05, 3.63) is 118 Å². The van der Waals surface area contributed by atoms with E-state index in [9.17, 15) is 27.6 Å². The Bertz CT molecular complexity index is 2450. The summed E-state index contributed by atoms with van der Waals surface area (Å²) in [5.74, 6) is -0.200. The zero-order valence-corrected chi connectivity index (χ0v) is 29.3. The molecule has 2 aromatic heterocycles. The topological polar surface area (TPSA) is 162 Å². The molecule has 16 heteroatoms. The third kappa shape index (κ3) is 5.98. The minimum atomic E-state index is -3.94. The molecule has 0 bridgehead atoms. The lowest BCUT2D eigenvalue weighted by atomic mass is 10.1. The normalized spacial score (nSPS) is 13.4. The maximum atomic E-state index is 15.6. The van der Waals surface area contributed by atoms with Crippen LogP contribution in [0.5, 0.6) is 5.75 Å². The highest BCUT2D eigenvalue weighted by Crippen LogP contribution is 2.30. The second-order valence-corrected chi connectivity index (χ2v) is 15.0. The van der Waals surface area contributed by atoms with Crippen molar-refractivity contribution in [3.63, 3.8) is 0 Å². The van der Waals surface area contributed by atoms with E-state index in [1.54, 1.807) is 30.3 Å². The largest absolute Gasteiger partial charge is 0.497 e. The minimum absolute atomic E-state index is 0.00138. The number of methoxy groups -OCH3 is 1. The number of anilines is 2. The van der Waals surface area contributed by atoms with E-state index in [-0.39, 0.29) is 58.2 Å². The molecule has 2 N–H and O–H groups in total. The Morgan fingerprint density at radius 3 is 2.37 bits per heavy atom. The minimum Gasteiger partial charge on any atom is -0.497 e. The van der Waals surface area contributed by atoms with E-state index >= 15 is 4.39 Å². The van der Waals surface area contributed by atoms with Gasteiger partial charge in [0, 0.05) is 35.0 Å². The van der Waals surface area contributed by atoms with Crippen molar-refractivity contribution in [2.24, 2.45) is 7.05 Å². The van der Waals surface area contributed by atoms with E-state index in [0.717, 1.165) is 18.6 Å². The number of nitrogens with zero attached hydrogens (tertiary/aromatic N) is 4. The number of nitrogens with one attached hydrogen (secondary N) is 1. The number of pyridine rings is 1. The van der Waals surface area contributed by atoms with Gasteiger partial charge in [-0.1, -0.05) is 18.2 Å². The molecule has 13 nitrogen and oxygen atoms in total. The molecule has 1 saturated heterocycles. The van der Waals surface area contributed by atoms with Gasteiger partial charge >= 0.3 is 11.8 Å². The highest BCUT2D eigenvalue weighted by Gasteiger charge is 2.40.